The Morgan fingerprint density at radius 2 is 2.06 bits per heavy atom. The summed E-state index contributed by atoms with van der Waals surface area (Å²) in [6.07, 6.45) is 0.685. The molecule has 2 aromatic rings. The zero-order valence-corrected chi connectivity index (χ0v) is 18.1. The Morgan fingerprint density at radius 3 is 2.82 bits per heavy atom. The molecule has 1 aliphatic rings. The molecule has 0 aliphatic carbocycles. The Balaban J connectivity index is 1.58. The maximum atomic E-state index is 13.2. The molecule has 0 fully saturated rings. The van der Waals surface area contributed by atoms with Crippen molar-refractivity contribution in [2.45, 2.75) is 18.9 Å². The second kappa shape index (κ2) is 11.1. The number of amides is 3. The first-order valence-electron chi connectivity index (χ1n) is 10.4. The number of hydrogen-bond acceptors (Lipinski definition) is 5. The van der Waals surface area contributed by atoms with Crippen LogP contribution in [-0.4, -0.2) is 55.7 Å². The molecule has 0 unspecified atom stereocenters. The lowest BCUT2D eigenvalue weighted by atomic mass is 10.1. The van der Waals surface area contributed by atoms with Crippen molar-refractivity contribution in [3.05, 3.63) is 59.4 Å². The van der Waals surface area contributed by atoms with Gasteiger partial charge in [0.05, 0.1) is 12.3 Å². The molecular weight excluding hydrogens is 429 g/mol. The summed E-state index contributed by atoms with van der Waals surface area (Å²) in [6, 6.07) is 9.98. The molecule has 172 valence electrons. The number of nitrogens with one attached hydrogen (secondary N) is 2. The fourth-order valence-electron chi connectivity index (χ4n) is 3.22. The molecular formula is C24H24FN3O5. The molecule has 8 nitrogen and oxygen atoms in total. The van der Waals surface area contributed by atoms with E-state index in [9.17, 15) is 18.8 Å². The van der Waals surface area contributed by atoms with E-state index < -0.39 is 23.8 Å². The van der Waals surface area contributed by atoms with E-state index in [0.717, 1.165) is 0 Å². The molecule has 1 atom stereocenters. The fourth-order valence-corrected chi connectivity index (χ4v) is 3.22. The van der Waals surface area contributed by atoms with Crippen molar-refractivity contribution in [1.82, 2.24) is 10.6 Å². The van der Waals surface area contributed by atoms with Crippen molar-refractivity contribution in [2.24, 2.45) is 0 Å². The number of nitrogens with zero attached hydrogens (tertiary/aromatic N) is 1. The van der Waals surface area contributed by atoms with Crippen molar-refractivity contribution in [3.63, 3.8) is 0 Å². The average molecular weight is 453 g/mol. The molecule has 0 radical (unpaired) electrons. The summed E-state index contributed by atoms with van der Waals surface area (Å²) >= 11 is 0. The molecule has 9 heteroatoms. The first kappa shape index (κ1) is 23.8. The van der Waals surface area contributed by atoms with E-state index in [1.807, 2.05) is 0 Å². The number of carbonyl (C=O) groups excluding carboxylic acids is 3. The molecule has 0 bridgehead atoms. The minimum Gasteiger partial charge on any atom is -0.489 e. The minimum atomic E-state index is -1.06. The highest BCUT2D eigenvalue weighted by Gasteiger charge is 2.32. The molecule has 0 saturated heterocycles. The number of anilines is 1. The highest BCUT2D eigenvalue weighted by atomic mass is 19.1. The van der Waals surface area contributed by atoms with E-state index in [1.54, 1.807) is 37.4 Å². The molecule has 2 aromatic carbocycles. The van der Waals surface area contributed by atoms with E-state index in [0.29, 0.717) is 35.4 Å². The predicted octanol–water partition coefficient (Wildman–Crippen LogP) is 0.759. The van der Waals surface area contributed by atoms with Gasteiger partial charge in [-0.2, -0.15) is 0 Å². The third-order valence-corrected chi connectivity index (χ3v) is 4.92. The standard InChI is InChI=1S/C24H24FN3O5/c1-28-20-14-16(5-2-3-12-29)8-9-21(20)33-15-19(24(28)32)27-23(31)22(30)26-11-10-17-6-4-7-18(25)13-17/h4,6-9,13-14,19,29H,3,10-12,15H2,1H3,(H,26,30)(H,27,31)/t19-/m1/s1. The van der Waals surface area contributed by atoms with Gasteiger partial charge >= 0.3 is 11.8 Å². The maximum Gasteiger partial charge on any atom is 0.310 e. The number of benzene rings is 2. The van der Waals surface area contributed by atoms with Crippen molar-refractivity contribution < 1.29 is 28.6 Å². The molecule has 0 aromatic heterocycles. The highest BCUT2D eigenvalue weighted by molar-refractivity contribution is 6.35. The Bertz CT molecular complexity index is 1110. The Labute approximate surface area is 190 Å². The fraction of sp³-hybridized carbons (Fsp3) is 0.292. The van der Waals surface area contributed by atoms with Gasteiger partial charge in [0.15, 0.2) is 0 Å². The van der Waals surface area contributed by atoms with Crippen LogP contribution in [0.1, 0.15) is 17.5 Å². The number of hydrogen-bond donors (Lipinski definition) is 3. The maximum absolute atomic E-state index is 13.2. The van der Waals surface area contributed by atoms with Gasteiger partial charge in [0, 0.05) is 25.6 Å². The summed E-state index contributed by atoms with van der Waals surface area (Å²) in [7, 11) is 1.54. The van der Waals surface area contributed by atoms with E-state index >= 15 is 0 Å². The largest absolute Gasteiger partial charge is 0.489 e. The molecule has 3 amide bonds. The summed E-state index contributed by atoms with van der Waals surface area (Å²) < 4.78 is 18.9. The van der Waals surface area contributed by atoms with Gasteiger partial charge in [-0.3, -0.25) is 14.4 Å². The SMILES string of the molecule is CN1C(=O)[C@H](NC(=O)C(=O)NCCc2cccc(F)c2)COc2ccc(C#CCCO)cc21. The summed E-state index contributed by atoms with van der Waals surface area (Å²) in [5.41, 5.74) is 1.81. The minimum absolute atomic E-state index is 0.0425. The van der Waals surface area contributed by atoms with Gasteiger partial charge in [-0.15, -0.1) is 0 Å². The van der Waals surface area contributed by atoms with Crippen LogP contribution in [0.25, 0.3) is 0 Å². The summed E-state index contributed by atoms with van der Waals surface area (Å²) in [5.74, 6) is 3.46. The third-order valence-electron chi connectivity index (χ3n) is 4.92. The number of carbonyl (C=O) groups is 3. The van der Waals surface area contributed by atoms with Crippen molar-refractivity contribution in [2.75, 3.05) is 31.7 Å². The lowest BCUT2D eigenvalue weighted by molar-refractivity contribution is -0.140. The lowest BCUT2D eigenvalue weighted by Gasteiger charge is -2.20. The number of aliphatic hydroxyl groups is 1. The number of likely N-dealkylation sites (N-methyl/N-ethyl adjacent to an activating group) is 1. The zero-order chi connectivity index (χ0) is 23.8. The van der Waals surface area contributed by atoms with Crippen LogP contribution in [0, 0.1) is 17.7 Å². The number of rotatable bonds is 5. The molecule has 1 aliphatic heterocycles. The van der Waals surface area contributed by atoms with E-state index in [2.05, 4.69) is 22.5 Å². The first-order valence-corrected chi connectivity index (χ1v) is 10.4. The predicted molar refractivity (Wildman–Crippen MR) is 119 cm³/mol. The third kappa shape index (κ3) is 6.30. The molecule has 3 N–H and O–H groups in total. The summed E-state index contributed by atoms with van der Waals surface area (Å²) in [4.78, 5) is 38.6. The molecule has 33 heavy (non-hydrogen) atoms. The number of halogens is 1. The van der Waals surface area contributed by atoms with Gasteiger partial charge in [-0.25, -0.2) is 4.39 Å². The Morgan fingerprint density at radius 1 is 1.24 bits per heavy atom. The monoisotopic (exact) mass is 453 g/mol. The van der Waals surface area contributed by atoms with Crippen LogP contribution < -0.4 is 20.3 Å². The van der Waals surface area contributed by atoms with Crippen LogP contribution in [0.3, 0.4) is 0 Å². The molecule has 0 saturated carbocycles. The first-order chi connectivity index (χ1) is 15.9. The van der Waals surface area contributed by atoms with Crippen molar-refractivity contribution in [1.29, 1.82) is 0 Å². The van der Waals surface area contributed by atoms with Gasteiger partial charge in [0.25, 0.3) is 5.91 Å². The number of ether oxygens (including phenoxy) is 1. The highest BCUT2D eigenvalue weighted by Crippen LogP contribution is 2.31. The van der Waals surface area contributed by atoms with E-state index in [1.165, 1.54) is 17.0 Å². The molecule has 1 heterocycles. The van der Waals surface area contributed by atoms with Gasteiger partial charge in [-0.05, 0) is 42.3 Å². The smallest absolute Gasteiger partial charge is 0.310 e. The van der Waals surface area contributed by atoms with Crippen LogP contribution in [0.4, 0.5) is 10.1 Å². The van der Waals surface area contributed by atoms with Gasteiger partial charge in [0.1, 0.15) is 24.2 Å². The van der Waals surface area contributed by atoms with E-state index in [-0.39, 0.29) is 25.6 Å². The van der Waals surface area contributed by atoms with Crippen LogP contribution in [0.15, 0.2) is 42.5 Å². The van der Waals surface area contributed by atoms with Crippen LogP contribution in [0.5, 0.6) is 5.75 Å². The topological polar surface area (TPSA) is 108 Å². The van der Waals surface area contributed by atoms with Gasteiger partial charge in [-0.1, -0.05) is 24.0 Å². The van der Waals surface area contributed by atoms with Crippen molar-refractivity contribution >= 4 is 23.4 Å². The summed E-state index contributed by atoms with van der Waals surface area (Å²) in [6.45, 7) is -0.0521. The Hall–Kier alpha value is -3.90. The lowest BCUT2D eigenvalue weighted by Crippen LogP contribution is -2.53. The second-order valence-electron chi connectivity index (χ2n) is 7.33. The van der Waals surface area contributed by atoms with Crippen LogP contribution in [0.2, 0.25) is 0 Å². The van der Waals surface area contributed by atoms with E-state index in [4.69, 9.17) is 9.84 Å². The second-order valence-corrected chi connectivity index (χ2v) is 7.33. The van der Waals surface area contributed by atoms with Gasteiger partial charge in [0.2, 0.25) is 0 Å². The number of aliphatic hydroxyl groups excluding tert-OH is 1. The normalized spacial score (nSPS) is 14.8. The van der Waals surface area contributed by atoms with Crippen LogP contribution in [-0.2, 0) is 20.8 Å². The van der Waals surface area contributed by atoms with Gasteiger partial charge < -0.3 is 25.4 Å². The van der Waals surface area contributed by atoms with Crippen molar-refractivity contribution in [3.8, 4) is 17.6 Å². The average Bonchev–Trinajstić information content (AvgIpc) is 2.91. The molecule has 3 rings (SSSR count). The quantitative estimate of drug-likeness (QED) is 0.458. The van der Waals surface area contributed by atoms with Crippen LogP contribution >= 0.6 is 0 Å². The Kier molecular flexibility index (Phi) is 8.00. The number of fused-ring (bicyclic) bond motifs is 1. The molecule has 0 spiro atoms. The zero-order valence-electron chi connectivity index (χ0n) is 18.1. The summed E-state index contributed by atoms with van der Waals surface area (Å²) in [5, 5.41) is 13.7.